The lowest BCUT2D eigenvalue weighted by Crippen LogP contribution is -2.38. The predicted molar refractivity (Wildman–Crippen MR) is 107 cm³/mol. The highest BCUT2D eigenvalue weighted by molar-refractivity contribution is 5.89. The van der Waals surface area contributed by atoms with Crippen LogP contribution in [0.2, 0.25) is 0 Å². The molecule has 0 radical (unpaired) electrons. The minimum absolute atomic E-state index is 0. The maximum Gasteiger partial charge on any atom is 0.227 e. The summed E-state index contributed by atoms with van der Waals surface area (Å²) in [6, 6.07) is 5.76. The summed E-state index contributed by atoms with van der Waals surface area (Å²) in [4.78, 5) is 28.2. The van der Waals surface area contributed by atoms with Gasteiger partial charge in [0, 0.05) is 39.6 Å². The molecule has 1 atom stereocenters. The second-order valence-corrected chi connectivity index (χ2v) is 6.54. The highest BCUT2D eigenvalue weighted by atomic mass is 35.5. The lowest BCUT2D eigenvalue weighted by Gasteiger charge is -2.21. The van der Waals surface area contributed by atoms with Gasteiger partial charge >= 0.3 is 0 Å². The topological polar surface area (TPSA) is 71.1 Å². The van der Waals surface area contributed by atoms with Gasteiger partial charge in [0.25, 0.3) is 0 Å². The first-order chi connectivity index (χ1) is 12.5. The maximum absolute atomic E-state index is 12.5. The number of ether oxygens (including phenoxy) is 2. The van der Waals surface area contributed by atoms with Gasteiger partial charge < -0.3 is 24.6 Å². The van der Waals surface area contributed by atoms with Crippen LogP contribution in [0.4, 0.5) is 0 Å². The highest BCUT2D eigenvalue weighted by Gasteiger charge is 2.35. The third-order valence-corrected chi connectivity index (χ3v) is 4.76. The van der Waals surface area contributed by atoms with Crippen molar-refractivity contribution in [3.63, 3.8) is 0 Å². The minimum Gasteiger partial charge on any atom is -0.493 e. The van der Waals surface area contributed by atoms with Crippen LogP contribution in [0, 0.1) is 5.92 Å². The number of rotatable bonds is 9. The molecule has 8 heteroatoms. The molecule has 1 aromatic rings. The van der Waals surface area contributed by atoms with Crippen molar-refractivity contribution in [3.05, 3.63) is 23.8 Å². The summed E-state index contributed by atoms with van der Waals surface area (Å²) in [6.07, 6.45) is 1.01. The number of methoxy groups -OCH3 is 2. The average Bonchev–Trinajstić information content (AvgIpc) is 3.04. The molecule has 0 bridgehead atoms. The zero-order valence-corrected chi connectivity index (χ0v) is 17.3. The van der Waals surface area contributed by atoms with E-state index in [1.54, 1.807) is 31.1 Å². The summed E-state index contributed by atoms with van der Waals surface area (Å²) in [7, 11) is 6.85. The summed E-state index contributed by atoms with van der Waals surface area (Å²) in [5.41, 5.74) is 1.07. The Morgan fingerprint density at radius 2 is 2.00 bits per heavy atom. The molecule has 1 saturated heterocycles. The number of likely N-dealkylation sites (tertiary alicyclic amines) is 1. The molecule has 2 rings (SSSR count). The summed E-state index contributed by atoms with van der Waals surface area (Å²) in [6.45, 7) is 2.48. The lowest BCUT2D eigenvalue weighted by atomic mass is 10.1. The van der Waals surface area contributed by atoms with Gasteiger partial charge in [0.2, 0.25) is 11.8 Å². The molecule has 1 heterocycles. The van der Waals surface area contributed by atoms with Gasteiger partial charge in [-0.05, 0) is 31.2 Å². The molecule has 1 aromatic carbocycles. The first-order valence-electron chi connectivity index (χ1n) is 8.88. The SMILES string of the molecule is CNCCN(C)C(=O)C1CC(=O)N(CCc2ccc(OC)c(OC)c2)C1.Cl. The van der Waals surface area contributed by atoms with Crippen molar-refractivity contribution in [2.24, 2.45) is 5.92 Å². The fourth-order valence-electron chi connectivity index (χ4n) is 3.16. The van der Waals surface area contributed by atoms with Crippen molar-refractivity contribution in [2.45, 2.75) is 12.8 Å². The predicted octanol–water partition coefficient (Wildman–Crippen LogP) is 1.19. The Bertz CT molecular complexity index is 641. The standard InChI is InChI=1S/C19H29N3O4.ClH/c1-20-8-10-21(2)19(24)15-12-18(23)22(13-15)9-7-14-5-6-16(25-3)17(11-14)26-4;/h5-6,11,15,20H,7-10,12-13H2,1-4H3;1H. The molecule has 0 aliphatic carbocycles. The molecule has 1 N–H and O–H groups in total. The van der Waals surface area contributed by atoms with Gasteiger partial charge in [-0.3, -0.25) is 9.59 Å². The van der Waals surface area contributed by atoms with Crippen LogP contribution in [0.25, 0.3) is 0 Å². The molecule has 0 spiro atoms. The van der Waals surface area contributed by atoms with Gasteiger partial charge in [-0.2, -0.15) is 0 Å². The van der Waals surface area contributed by atoms with Crippen LogP contribution in [0.15, 0.2) is 18.2 Å². The monoisotopic (exact) mass is 399 g/mol. The first-order valence-corrected chi connectivity index (χ1v) is 8.88. The quantitative estimate of drug-likeness (QED) is 0.675. The molecule has 1 aliphatic rings. The normalized spacial score (nSPS) is 16.1. The fourth-order valence-corrected chi connectivity index (χ4v) is 3.16. The van der Waals surface area contributed by atoms with Gasteiger partial charge in [-0.15, -0.1) is 12.4 Å². The molecule has 0 saturated carbocycles. The molecule has 0 aromatic heterocycles. The number of carbonyl (C=O) groups excluding carboxylic acids is 2. The van der Waals surface area contributed by atoms with E-state index in [1.807, 2.05) is 25.2 Å². The zero-order valence-electron chi connectivity index (χ0n) is 16.5. The number of carbonyl (C=O) groups is 2. The van der Waals surface area contributed by atoms with Gasteiger partial charge in [-0.25, -0.2) is 0 Å². The van der Waals surface area contributed by atoms with Crippen LogP contribution >= 0.6 is 12.4 Å². The van der Waals surface area contributed by atoms with Crippen molar-refractivity contribution in [1.29, 1.82) is 0 Å². The molecular formula is C19H30ClN3O4. The molecule has 152 valence electrons. The highest BCUT2D eigenvalue weighted by Crippen LogP contribution is 2.28. The van der Waals surface area contributed by atoms with Gasteiger partial charge in [0.05, 0.1) is 20.1 Å². The Labute approximate surface area is 167 Å². The third-order valence-electron chi connectivity index (χ3n) is 4.76. The van der Waals surface area contributed by atoms with Crippen LogP contribution < -0.4 is 14.8 Å². The molecule has 27 heavy (non-hydrogen) atoms. The smallest absolute Gasteiger partial charge is 0.227 e. The van der Waals surface area contributed by atoms with Crippen LogP contribution in [-0.2, 0) is 16.0 Å². The Kier molecular flexibility index (Phi) is 9.38. The van der Waals surface area contributed by atoms with E-state index in [9.17, 15) is 9.59 Å². The summed E-state index contributed by atoms with van der Waals surface area (Å²) >= 11 is 0. The van der Waals surface area contributed by atoms with E-state index in [1.165, 1.54) is 0 Å². The van der Waals surface area contributed by atoms with Gasteiger partial charge in [0.1, 0.15) is 0 Å². The number of benzene rings is 1. The lowest BCUT2D eigenvalue weighted by molar-refractivity contribution is -0.134. The van der Waals surface area contributed by atoms with Crippen LogP contribution in [-0.4, -0.2) is 76.1 Å². The number of halogens is 1. The van der Waals surface area contributed by atoms with E-state index in [0.29, 0.717) is 44.0 Å². The summed E-state index contributed by atoms with van der Waals surface area (Å²) < 4.78 is 10.6. The molecule has 1 unspecified atom stereocenters. The molecule has 1 aliphatic heterocycles. The Morgan fingerprint density at radius 3 is 2.63 bits per heavy atom. The fraction of sp³-hybridized carbons (Fsp3) is 0.579. The van der Waals surface area contributed by atoms with E-state index in [0.717, 1.165) is 12.1 Å². The zero-order chi connectivity index (χ0) is 19.1. The molecule has 1 fully saturated rings. The van der Waals surface area contributed by atoms with Crippen molar-refractivity contribution >= 4 is 24.2 Å². The minimum atomic E-state index is -0.241. The van der Waals surface area contributed by atoms with Crippen LogP contribution in [0.3, 0.4) is 0 Å². The second kappa shape index (κ2) is 11.0. The Morgan fingerprint density at radius 1 is 1.30 bits per heavy atom. The first kappa shape index (κ1) is 23.0. The molecule has 2 amide bonds. The van der Waals surface area contributed by atoms with E-state index in [4.69, 9.17) is 9.47 Å². The number of hydrogen-bond donors (Lipinski definition) is 1. The summed E-state index contributed by atoms with van der Waals surface area (Å²) in [5, 5.41) is 3.03. The van der Waals surface area contributed by atoms with Crippen molar-refractivity contribution in [2.75, 3.05) is 54.5 Å². The number of nitrogens with one attached hydrogen (secondary N) is 1. The second-order valence-electron chi connectivity index (χ2n) is 6.54. The van der Waals surface area contributed by atoms with Crippen LogP contribution in [0.5, 0.6) is 11.5 Å². The number of hydrogen-bond acceptors (Lipinski definition) is 5. The maximum atomic E-state index is 12.5. The van der Waals surface area contributed by atoms with Gasteiger partial charge in [-0.1, -0.05) is 6.07 Å². The number of amides is 2. The van der Waals surface area contributed by atoms with E-state index in [-0.39, 0.29) is 30.1 Å². The van der Waals surface area contributed by atoms with Crippen LogP contribution in [0.1, 0.15) is 12.0 Å². The van der Waals surface area contributed by atoms with Crippen molar-refractivity contribution in [1.82, 2.24) is 15.1 Å². The van der Waals surface area contributed by atoms with Crippen molar-refractivity contribution in [3.8, 4) is 11.5 Å². The van der Waals surface area contributed by atoms with E-state index < -0.39 is 0 Å². The Hall–Kier alpha value is -1.99. The summed E-state index contributed by atoms with van der Waals surface area (Å²) in [5.74, 6) is 1.21. The molecular weight excluding hydrogens is 370 g/mol. The van der Waals surface area contributed by atoms with Gasteiger partial charge in [0.15, 0.2) is 11.5 Å². The van der Waals surface area contributed by atoms with Crippen molar-refractivity contribution < 1.29 is 19.1 Å². The number of likely N-dealkylation sites (N-methyl/N-ethyl adjacent to an activating group) is 2. The average molecular weight is 400 g/mol. The largest absolute Gasteiger partial charge is 0.493 e. The van der Waals surface area contributed by atoms with E-state index in [2.05, 4.69) is 5.32 Å². The third kappa shape index (κ3) is 6.01. The molecule has 7 nitrogen and oxygen atoms in total. The number of nitrogens with zero attached hydrogens (tertiary/aromatic N) is 2. The Balaban J connectivity index is 0.00000364. The van der Waals surface area contributed by atoms with E-state index >= 15 is 0 Å².